The van der Waals surface area contributed by atoms with Crippen LogP contribution in [0.2, 0.25) is 0 Å². The van der Waals surface area contributed by atoms with Crippen molar-refractivity contribution in [2.24, 2.45) is 0 Å². The molecule has 3 heterocycles. The van der Waals surface area contributed by atoms with Crippen molar-refractivity contribution in [3.05, 3.63) is 46.4 Å². The molecule has 0 bridgehead atoms. The van der Waals surface area contributed by atoms with E-state index in [9.17, 15) is 4.79 Å². The van der Waals surface area contributed by atoms with Crippen molar-refractivity contribution in [1.29, 1.82) is 0 Å². The number of pyridine rings is 1. The van der Waals surface area contributed by atoms with Gasteiger partial charge in [0.2, 0.25) is 11.1 Å². The first-order valence-electron chi connectivity index (χ1n) is 7.36. The zero-order chi connectivity index (χ0) is 16.9. The van der Waals surface area contributed by atoms with E-state index in [0.29, 0.717) is 23.3 Å². The lowest BCUT2D eigenvalue weighted by Gasteiger charge is -2.16. The van der Waals surface area contributed by atoms with E-state index in [1.807, 2.05) is 24.6 Å². The Morgan fingerprint density at radius 2 is 2.12 bits per heavy atom. The number of H-pyrrole nitrogens is 1. The third kappa shape index (κ3) is 4.01. The van der Waals surface area contributed by atoms with Gasteiger partial charge in [-0.3, -0.25) is 14.9 Å². The number of nitrogens with one attached hydrogen (secondary N) is 1. The fraction of sp³-hybridized carbons (Fsp3) is 0.250. The van der Waals surface area contributed by atoms with Crippen LogP contribution in [0.5, 0.6) is 0 Å². The van der Waals surface area contributed by atoms with Crippen molar-refractivity contribution in [3.63, 3.8) is 0 Å². The van der Waals surface area contributed by atoms with Gasteiger partial charge in [-0.15, -0.1) is 16.4 Å². The Morgan fingerprint density at radius 3 is 2.83 bits per heavy atom. The number of thiophene rings is 1. The molecule has 0 aliphatic carbocycles. The van der Waals surface area contributed by atoms with Crippen molar-refractivity contribution < 1.29 is 4.79 Å². The van der Waals surface area contributed by atoms with Crippen molar-refractivity contribution in [3.8, 4) is 11.4 Å². The quantitative estimate of drug-likeness (QED) is 0.685. The molecule has 0 fully saturated rings. The lowest BCUT2D eigenvalue weighted by atomic mass is 10.3. The molecule has 3 aromatic heterocycles. The van der Waals surface area contributed by atoms with Gasteiger partial charge < -0.3 is 4.90 Å². The Labute approximate surface area is 148 Å². The van der Waals surface area contributed by atoms with E-state index >= 15 is 0 Å². The molecule has 0 saturated carbocycles. The van der Waals surface area contributed by atoms with E-state index in [2.05, 4.69) is 33.2 Å². The van der Waals surface area contributed by atoms with E-state index < -0.39 is 0 Å². The molecule has 1 amide bonds. The van der Waals surface area contributed by atoms with Crippen LogP contribution in [0.3, 0.4) is 0 Å². The first-order chi connectivity index (χ1) is 11.6. The molecule has 8 heteroatoms. The zero-order valence-corrected chi connectivity index (χ0v) is 15.0. The highest BCUT2D eigenvalue weighted by Gasteiger charge is 2.14. The zero-order valence-electron chi connectivity index (χ0n) is 13.4. The predicted octanol–water partition coefficient (Wildman–Crippen LogP) is 2.99. The van der Waals surface area contributed by atoms with E-state index in [1.165, 1.54) is 22.2 Å². The minimum absolute atomic E-state index is 0.0584. The normalized spacial score (nSPS) is 10.8. The molecule has 0 spiro atoms. The van der Waals surface area contributed by atoms with Crippen LogP contribution >= 0.6 is 23.1 Å². The van der Waals surface area contributed by atoms with E-state index in [1.54, 1.807) is 28.6 Å². The van der Waals surface area contributed by atoms with Crippen LogP contribution in [0.1, 0.15) is 10.4 Å². The number of carbonyl (C=O) groups excluding carboxylic acids is 1. The van der Waals surface area contributed by atoms with Crippen molar-refractivity contribution in [1.82, 2.24) is 25.1 Å². The second kappa shape index (κ2) is 7.59. The molecule has 0 unspecified atom stereocenters. The summed E-state index contributed by atoms with van der Waals surface area (Å²) in [7, 11) is 1.82. The average Bonchev–Trinajstić information content (AvgIpc) is 3.23. The fourth-order valence-electron chi connectivity index (χ4n) is 2.06. The molecule has 3 aromatic rings. The molecule has 124 valence electrons. The highest BCUT2D eigenvalue weighted by molar-refractivity contribution is 7.99. The van der Waals surface area contributed by atoms with Gasteiger partial charge in [-0.1, -0.05) is 11.8 Å². The van der Waals surface area contributed by atoms with Gasteiger partial charge in [0.15, 0.2) is 5.82 Å². The largest absolute Gasteiger partial charge is 0.340 e. The predicted molar refractivity (Wildman–Crippen MR) is 95.9 cm³/mol. The number of amides is 1. The van der Waals surface area contributed by atoms with E-state index in [4.69, 9.17) is 0 Å². The number of thioether (sulfide) groups is 1. The summed E-state index contributed by atoms with van der Waals surface area (Å²) in [6.07, 6.45) is 3.41. The number of rotatable bonds is 6. The number of carbonyl (C=O) groups is 1. The van der Waals surface area contributed by atoms with E-state index in [0.717, 1.165) is 5.56 Å². The minimum atomic E-state index is 0.0584. The Balaban J connectivity index is 1.55. The minimum Gasteiger partial charge on any atom is -0.340 e. The molecule has 0 atom stereocenters. The second-order valence-corrected chi connectivity index (χ2v) is 7.21. The van der Waals surface area contributed by atoms with Crippen LogP contribution in [0, 0.1) is 6.92 Å². The number of aromatic nitrogens is 4. The summed E-state index contributed by atoms with van der Waals surface area (Å²) in [5.41, 5.74) is 2.14. The third-order valence-electron chi connectivity index (χ3n) is 3.52. The van der Waals surface area contributed by atoms with Gasteiger partial charge in [0.25, 0.3) is 0 Å². The van der Waals surface area contributed by atoms with E-state index in [-0.39, 0.29) is 5.91 Å². The van der Waals surface area contributed by atoms with Gasteiger partial charge >= 0.3 is 0 Å². The first kappa shape index (κ1) is 16.7. The molecule has 0 saturated heterocycles. The highest BCUT2D eigenvalue weighted by atomic mass is 32.2. The number of hydrogen-bond acceptors (Lipinski definition) is 6. The molecule has 0 aliphatic heterocycles. The van der Waals surface area contributed by atoms with Crippen LogP contribution in [-0.2, 0) is 11.3 Å². The highest BCUT2D eigenvalue weighted by Crippen LogP contribution is 2.20. The second-order valence-electron chi connectivity index (χ2n) is 5.27. The molecule has 0 radical (unpaired) electrons. The van der Waals surface area contributed by atoms with Crippen LogP contribution in [0.25, 0.3) is 11.4 Å². The van der Waals surface area contributed by atoms with Crippen molar-refractivity contribution in [2.45, 2.75) is 18.6 Å². The Bertz CT molecular complexity index is 815. The maximum atomic E-state index is 12.3. The Kier molecular flexibility index (Phi) is 5.27. The van der Waals surface area contributed by atoms with Gasteiger partial charge in [0.1, 0.15) is 0 Å². The summed E-state index contributed by atoms with van der Waals surface area (Å²) in [5.74, 6) is 1.05. The molecule has 0 aromatic carbocycles. The van der Waals surface area contributed by atoms with Crippen LogP contribution in [-0.4, -0.2) is 43.8 Å². The van der Waals surface area contributed by atoms with Gasteiger partial charge in [-0.05, 0) is 36.1 Å². The maximum absolute atomic E-state index is 12.3. The number of aryl methyl sites for hydroxylation is 1. The van der Waals surface area contributed by atoms with Gasteiger partial charge in [0, 0.05) is 29.9 Å². The van der Waals surface area contributed by atoms with Crippen molar-refractivity contribution >= 4 is 29.0 Å². The molecule has 3 rings (SSSR count). The molecular formula is C16H17N5OS2. The maximum Gasteiger partial charge on any atom is 0.233 e. The first-order valence-corrected chi connectivity index (χ1v) is 9.22. The molecule has 0 aliphatic rings. The number of nitrogens with zero attached hydrogens (tertiary/aromatic N) is 4. The fourth-order valence-corrected chi connectivity index (χ4v) is 3.75. The summed E-state index contributed by atoms with van der Waals surface area (Å²) < 4.78 is 0. The van der Waals surface area contributed by atoms with Crippen LogP contribution < -0.4 is 0 Å². The summed E-state index contributed by atoms with van der Waals surface area (Å²) in [6.45, 7) is 2.70. The van der Waals surface area contributed by atoms with Gasteiger partial charge in [0.05, 0.1) is 12.3 Å². The topological polar surface area (TPSA) is 74.8 Å². The summed E-state index contributed by atoms with van der Waals surface area (Å²) in [4.78, 5) is 23.6. The standard InChI is InChI=1S/C16H17N5OS2/c1-11-5-8-23-13(11)9-21(2)14(22)10-24-16-18-15(19-20-16)12-3-6-17-7-4-12/h3-8H,9-10H2,1-2H3,(H,18,19,20). The SMILES string of the molecule is Cc1ccsc1CN(C)C(=O)CSc1n[nH]c(-c2ccncc2)n1. The molecular weight excluding hydrogens is 342 g/mol. The summed E-state index contributed by atoms with van der Waals surface area (Å²) in [5, 5.41) is 9.65. The average molecular weight is 359 g/mol. The Hall–Kier alpha value is -2.19. The van der Waals surface area contributed by atoms with Gasteiger partial charge in [-0.25, -0.2) is 4.98 Å². The molecule has 24 heavy (non-hydrogen) atoms. The monoisotopic (exact) mass is 359 g/mol. The number of hydrogen-bond donors (Lipinski definition) is 1. The lowest BCUT2D eigenvalue weighted by Crippen LogP contribution is -2.27. The van der Waals surface area contributed by atoms with Gasteiger partial charge in [-0.2, -0.15) is 0 Å². The van der Waals surface area contributed by atoms with Crippen molar-refractivity contribution in [2.75, 3.05) is 12.8 Å². The number of aromatic amines is 1. The van der Waals surface area contributed by atoms with Crippen LogP contribution in [0.4, 0.5) is 0 Å². The Morgan fingerprint density at radius 1 is 1.33 bits per heavy atom. The summed E-state index contributed by atoms with van der Waals surface area (Å²) in [6, 6.07) is 5.79. The molecule has 6 nitrogen and oxygen atoms in total. The third-order valence-corrected chi connectivity index (χ3v) is 5.36. The van der Waals surface area contributed by atoms with Crippen LogP contribution in [0.15, 0.2) is 41.1 Å². The lowest BCUT2D eigenvalue weighted by molar-refractivity contribution is -0.127. The smallest absolute Gasteiger partial charge is 0.233 e. The summed E-state index contributed by atoms with van der Waals surface area (Å²) >= 11 is 3.01. The molecule has 1 N–H and O–H groups in total.